The first kappa shape index (κ1) is 13.0. The van der Waals surface area contributed by atoms with Crippen LogP contribution in [-0.2, 0) is 0 Å². The SMILES string of the molecule is CCOc1cc(NCCN2CCCC2)ccc1N. The lowest BCUT2D eigenvalue weighted by Crippen LogP contribution is -2.25. The van der Waals surface area contributed by atoms with Crippen molar-refractivity contribution in [1.29, 1.82) is 0 Å². The minimum absolute atomic E-state index is 0.640. The normalized spacial score (nSPS) is 15.8. The Bertz CT molecular complexity index is 375. The van der Waals surface area contributed by atoms with E-state index in [2.05, 4.69) is 10.2 Å². The molecule has 0 spiro atoms. The van der Waals surface area contributed by atoms with Crippen LogP contribution >= 0.6 is 0 Å². The molecule has 1 aliphatic rings. The van der Waals surface area contributed by atoms with Gasteiger partial charge in [0.15, 0.2) is 0 Å². The monoisotopic (exact) mass is 249 g/mol. The molecule has 0 aromatic heterocycles. The number of benzene rings is 1. The molecule has 2 rings (SSSR count). The van der Waals surface area contributed by atoms with Crippen LogP contribution in [0.4, 0.5) is 11.4 Å². The topological polar surface area (TPSA) is 50.5 Å². The van der Waals surface area contributed by atoms with E-state index < -0.39 is 0 Å². The van der Waals surface area contributed by atoms with Gasteiger partial charge in [-0.1, -0.05) is 0 Å². The zero-order chi connectivity index (χ0) is 12.8. The lowest BCUT2D eigenvalue weighted by atomic mass is 10.2. The molecule has 0 aliphatic carbocycles. The number of nitrogens with one attached hydrogen (secondary N) is 1. The lowest BCUT2D eigenvalue weighted by Gasteiger charge is -2.16. The molecule has 0 bridgehead atoms. The van der Waals surface area contributed by atoms with Crippen LogP contribution in [0.15, 0.2) is 18.2 Å². The summed E-state index contributed by atoms with van der Waals surface area (Å²) in [5.41, 5.74) is 7.61. The van der Waals surface area contributed by atoms with Crippen molar-refractivity contribution in [3.8, 4) is 5.75 Å². The van der Waals surface area contributed by atoms with Gasteiger partial charge in [0.25, 0.3) is 0 Å². The number of rotatable bonds is 6. The highest BCUT2D eigenvalue weighted by Gasteiger charge is 2.10. The summed E-state index contributed by atoms with van der Waals surface area (Å²) in [6, 6.07) is 5.87. The third-order valence-corrected chi connectivity index (χ3v) is 3.27. The predicted molar refractivity (Wildman–Crippen MR) is 76.2 cm³/mol. The second-order valence-corrected chi connectivity index (χ2v) is 4.66. The van der Waals surface area contributed by atoms with Gasteiger partial charge in [-0.15, -0.1) is 0 Å². The van der Waals surface area contributed by atoms with Crippen LogP contribution in [0.5, 0.6) is 5.75 Å². The summed E-state index contributed by atoms with van der Waals surface area (Å²) in [4.78, 5) is 2.49. The molecule has 1 heterocycles. The van der Waals surface area contributed by atoms with E-state index in [9.17, 15) is 0 Å². The molecule has 3 N–H and O–H groups in total. The summed E-state index contributed by atoms with van der Waals surface area (Å²) < 4.78 is 5.48. The molecule has 100 valence electrons. The van der Waals surface area contributed by atoms with E-state index in [1.54, 1.807) is 0 Å². The first-order chi connectivity index (χ1) is 8.79. The molecule has 1 saturated heterocycles. The third-order valence-electron chi connectivity index (χ3n) is 3.27. The molecule has 0 saturated carbocycles. The van der Waals surface area contributed by atoms with E-state index in [1.165, 1.54) is 25.9 Å². The second-order valence-electron chi connectivity index (χ2n) is 4.66. The average Bonchev–Trinajstić information content (AvgIpc) is 2.87. The summed E-state index contributed by atoms with van der Waals surface area (Å²) >= 11 is 0. The Morgan fingerprint density at radius 3 is 2.83 bits per heavy atom. The van der Waals surface area contributed by atoms with Gasteiger partial charge in [0.2, 0.25) is 0 Å². The van der Waals surface area contributed by atoms with Crippen molar-refractivity contribution in [3.05, 3.63) is 18.2 Å². The van der Waals surface area contributed by atoms with Gasteiger partial charge < -0.3 is 20.7 Å². The van der Waals surface area contributed by atoms with Crippen LogP contribution < -0.4 is 15.8 Å². The van der Waals surface area contributed by atoms with Crippen LogP contribution in [-0.4, -0.2) is 37.7 Å². The zero-order valence-electron chi connectivity index (χ0n) is 11.1. The summed E-state index contributed by atoms with van der Waals surface area (Å²) in [6.07, 6.45) is 2.69. The highest BCUT2D eigenvalue weighted by molar-refractivity contribution is 5.61. The number of nitrogen functional groups attached to an aromatic ring is 1. The fourth-order valence-electron chi connectivity index (χ4n) is 2.29. The number of nitrogens with zero attached hydrogens (tertiary/aromatic N) is 1. The summed E-state index contributed by atoms with van der Waals surface area (Å²) in [6.45, 7) is 7.17. The smallest absolute Gasteiger partial charge is 0.144 e. The quantitative estimate of drug-likeness (QED) is 0.759. The van der Waals surface area contributed by atoms with E-state index in [-0.39, 0.29) is 0 Å². The molecule has 4 nitrogen and oxygen atoms in total. The fraction of sp³-hybridized carbons (Fsp3) is 0.571. The lowest BCUT2D eigenvalue weighted by molar-refractivity contribution is 0.342. The van der Waals surface area contributed by atoms with Gasteiger partial charge in [-0.25, -0.2) is 0 Å². The summed E-state index contributed by atoms with van der Waals surface area (Å²) in [5, 5.41) is 3.42. The number of anilines is 2. The van der Waals surface area contributed by atoms with Crippen molar-refractivity contribution in [2.24, 2.45) is 0 Å². The van der Waals surface area contributed by atoms with Gasteiger partial charge in [0, 0.05) is 24.8 Å². The molecule has 1 aromatic rings. The molecule has 0 radical (unpaired) electrons. The van der Waals surface area contributed by atoms with Crippen LogP contribution in [0.2, 0.25) is 0 Å². The second kappa shape index (κ2) is 6.50. The molecular weight excluding hydrogens is 226 g/mol. The van der Waals surface area contributed by atoms with Crippen LogP contribution in [0, 0.1) is 0 Å². The van der Waals surface area contributed by atoms with Gasteiger partial charge in [-0.2, -0.15) is 0 Å². The van der Waals surface area contributed by atoms with E-state index in [4.69, 9.17) is 10.5 Å². The first-order valence-electron chi connectivity index (χ1n) is 6.78. The predicted octanol–water partition coefficient (Wildman–Crippen LogP) is 2.18. The van der Waals surface area contributed by atoms with Crippen molar-refractivity contribution < 1.29 is 4.74 Å². The van der Waals surface area contributed by atoms with Gasteiger partial charge in [0.05, 0.1) is 12.3 Å². The maximum Gasteiger partial charge on any atom is 0.144 e. The Kier molecular flexibility index (Phi) is 4.70. The number of hydrogen-bond donors (Lipinski definition) is 2. The molecule has 1 aromatic carbocycles. The first-order valence-corrected chi connectivity index (χ1v) is 6.78. The van der Waals surface area contributed by atoms with E-state index in [0.29, 0.717) is 12.3 Å². The maximum atomic E-state index is 5.84. The van der Waals surface area contributed by atoms with Gasteiger partial charge >= 0.3 is 0 Å². The highest BCUT2D eigenvalue weighted by atomic mass is 16.5. The van der Waals surface area contributed by atoms with Crippen LogP contribution in [0.1, 0.15) is 19.8 Å². The molecule has 4 heteroatoms. The fourth-order valence-corrected chi connectivity index (χ4v) is 2.29. The van der Waals surface area contributed by atoms with Crippen LogP contribution in [0.3, 0.4) is 0 Å². The Balaban J connectivity index is 1.82. The van der Waals surface area contributed by atoms with Crippen molar-refractivity contribution in [3.63, 3.8) is 0 Å². The minimum atomic E-state index is 0.640. The average molecular weight is 249 g/mol. The van der Waals surface area contributed by atoms with Gasteiger partial charge in [-0.05, 0) is 45.0 Å². The van der Waals surface area contributed by atoms with Crippen molar-refractivity contribution in [2.75, 3.05) is 43.8 Å². The minimum Gasteiger partial charge on any atom is -0.492 e. The summed E-state index contributed by atoms with van der Waals surface area (Å²) in [7, 11) is 0. The Morgan fingerprint density at radius 2 is 2.11 bits per heavy atom. The Labute approximate surface area is 109 Å². The Morgan fingerprint density at radius 1 is 1.33 bits per heavy atom. The van der Waals surface area contributed by atoms with Crippen molar-refractivity contribution in [1.82, 2.24) is 4.90 Å². The number of likely N-dealkylation sites (tertiary alicyclic amines) is 1. The number of hydrogen-bond acceptors (Lipinski definition) is 4. The Hall–Kier alpha value is -1.42. The summed E-state index contributed by atoms with van der Waals surface area (Å²) in [5.74, 6) is 0.767. The molecule has 0 amide bonds. The highest BCUT2D eigenvalue weighted by Crippen LogP contribution is 2.25. The standard InChI is InChI=1S/C14H23N3O/c1-2-18-14-11-12(5-6-13(14)15)16-7-10-17-8-3-4-9-17/h5-6,11,16H,2-4,7-10,15H2,1H3. The molecule has 18 heavy (non-hydrogen) atoms. The maximum absolute atomic E-state index is 5.84. The van der Waals surface area contributed by atoms with Gasteiger partial charge in [-0.3, -0.25) is 0 Å². The van der Waals surface area contributed by atoms with Crippen LogP contribution in [0.25, 0.3) is 0 Å². The number of nitrogens with two attached hydrogens (primary N) is 1. The van der Waals surface area contributed by atoms with Crippen molar-refractivity contribution >= 4 is 11.4 Å². The van der Waals surface area contributed by atoms with E-state index in [1.807, 2.05) is 25.1 Å². The molecule has 0 atom stereocenters. The molecular formula is C14H23N3O. The molecule has 1 fully saturated rings. The third kappa shape index (κ3) is 3.53. The van der Waals surface area contributed by atoms with Crippen molar-refractivity contribution in [2.45, 2.75) is 19.8 Å². The molecule has 0 unspecified atom stereocenters. The van der Waals surface area contributed by atoms with Gasteiger partial charge in [0.1, 0.15) is 5.75 Å². The molecule has 1 aliphatic heterocycles. The van der Waals surface area contributed by atoms with E-state index >= 15 is 0 Å². The number of ether oxygens (including phenoxy) is 1. The zero-order valence-corrected chi connectivity index (χ0v) is 11.1. The largest absolute Gasteiger partial charge is 0.492 e. The van der Waals surface area contributed by atoms with E-state index in [0.717, 1.165) is 24.5 Å².